The second-order valence-electron chi connectivity index (χ2n) is 6.57. The molecule has 0 aliphatic heterocycles. The Balaban J connectivity index is 1.68. The van der Waals surface area contributed by atoms with E-state index < -0.39 is 10.0 Å². The van der Waals surface area contributed by atoms with Crippen LogP contribution in [0.25, 0.3) is 0 Å². The highest BCUT2D eigenvalue weighted by Gasteiger charge is 2.21. The molecule has 0 heterocycles. The number of hydrogen-bond donors (Lipinski definition) is 1. The molecule has 1 amide bonds. The molecule has 0 aliphatic carbocycles. The first-order chi connectivity index (χ1) is 14.3. The first-order valence-electron chi connectivity index (χ1n) is 9.06. The zero-order valence-electron chi connectivity index (χ0n) is 16.5. The summed E-state index contributed by atoms with van der Waals surface area (Å²) < 4.78 is 31.8. The Bertz CT molecular complexity index is 1130. The number of amides is 1. The number of benzene rings is 3. The maximum absolute atomic E-state index is 12.8. The Labute approximate surface area is 181 Å². The third-order valence-electron chi connectivity index (χ3n) is 4.51. The predicted octanol–water partition coefficient (Wildman–Crippen LogP) is 4.42. The molecule has 3 rings (SSSR count). The van der Waals surface area contributed by atoms with Gasteiger partial charge in [0.1, 0.15) is 5.75 Å². The van der Waals surface area contributed by atoms with Crippen LogP contribution in [0.3, 0.4) is 0 Å². The van der Waals surface area contributed by atoms with Gasteiger partial charge in [-0.2, -0.15) is 4.31 Å². The molecule has 0 unspecified atom stereocenters. The van der Waals surface area contributed by atoms with Gasteiger partial charge in [0, 0.05) is 19.2 Å². The van der Waals surface area contributed by atoms with Crippen molar-refractivity contribution in [3.05, 3.63) is 88.9 Å². The standard InChI is InChI=1S/C22H21ClN2O4S/c1-25(30(27,28)19-13-11-18(29-2)12-14-19)15-16-7-9-17(10-8-16)22(26)24-21-6-4-3-5-20(21)23/h3-14H,15H2,1-2H3,(H,24,26). The summed E-state index contributed by atoms with van der Waals surface area (Å²) in [5.41, 5.74) is 1.72. The van der Waals surface area contributed by atoms with Crippen LogP contribution in [-0.2, 0) is 16.6 Å². The molecule has 6 nitrogen and oxygen atoms in total. The van der Waals surface area contributed by atoms with E-state index in [1.807, 2.05) is 0 Å². The number of anilines is 1. The van der Waals surface area contributed by atoms with Crippen LogP contribution in [0.1, 0.15) is 15.9 Å². The lowest BCUT2D eigenvalue weighted by Crippen LogP contribution is -2.26. The van der Waals surface area contributed by atoms with Gasteiger partial charge < -0.3 is 10.1 Å². The highest BCUT2D eigenvalue weighted by Crippen LogP contribution is 2.22. The molecule has 3 aromatic carbocycles. The summed E-state index contributed by atoms with van der Waals surface area (Å²) >= 11 is 6.06. The van der Waals surface area contributed by atoms with Crippen molar-refractivity contribution in [1.82, 2.24) is 4.31 Å². The SMILES string of the molecule is COc1ccc(S(=O)(=O)N(C)Cc2ccc(C(=O)Nc3ccccc3Cl)cc2)cc1. The van der Waals surface area contributed by atoms with E-state index in [0.29, 0.717) is 22.0 Å². The molecular weight excluding hydrogens is 424 g/mol. The van der Waals surface area contributed by atoms with Crippen LogP contribution >= 0.6 is 11.6 Å². The van der Waals surface area contributed by atoms with Gasteiger partial charge in [-0.25, -0.2) is 8.42 Å². The minimum Gasteiger partial charge on any atom is -0.497 e. The minimum atomic E-state index is -3.65. The van der Waals surface area contributed by atoms with E-state index in [1.54, 1.807) is 60.7 Å². The lowest BCUT2D eigenvalue weighted by atomic mass is 10.1. The van der Waals surface area contributed by atoms with E-state index in [-0.39, 0.29) is 17.3 Å². The van der Waals surface area contributed by atoms with Crippen LogP contribution in [-0.4, -0.2) is 32.8 Å². The third kappa shape index (κ3) is 4.99. The van der Waals surface area contributed by atoms with Gasteiger partial charge >= 0.3 is 0 Å². The lowest BCUT2D eigenvalue weighted by Gasteiger charge is -2.17. The molecule has 0 fully saturated rings. The second kappa shape index (κ2) is 9.30. The van der Waals surface area contributed by atoms with Crippen molar-refractivity contribution < 1.29 is 17.9 Å². The molecule has 156 valence electrons. The van der Waals surface area contributed by atoms with Crippen LogP contribution in [0.15, 0.2) is 77.7 Å². The maximum atomic E-state index is 12.8. The summed E-state index contributed by atoms with van der Waals surface area (Å²) in [6.07, 6.45) is 0. The zero-order chi connectivity index (χ0) is 21.7. The van der Waals surface area contributed by atoms with Gasteiger partial charge in [-0.15, -0.1) is 0 Å². The van der Waals surface area contributed by atoms with E-state index >= 15 is 0 Å². The van der Waals surface area contributed by atoms with Crippen molar-refractivity contribution in [3.8, 4) is 5.75 Å². The average Bonchev–Trinajstić information content (AvgIpc) is 2.75. The first-order valence-corrected chi connectivity index (χ1v) is 10.9. The van der Waals surface area contributed by atoms with Crippen molar-refractivity contribution >= 4 is 33.2 Å². The molecule has 0 spiro atoms. The predicted molar refractivity (Wildman–Crippen MR) is 117 cm³/mol. The first kappa shape index (κ1) is 21.8. The Hall–Kier alpha value is -2.87. The van der Waals surface area contributed by atoms with Crippen LogP contribution in [0, 0.1) is 0 Å². The van der Waals surface area contributed by atoms with Gasteiger partial charge in [-0.3, -0.25) is 4.79 Å². The molecule has 0 atom stereocenters. The molecule has 30 heavy (non-hydrogen) atoms. The molecule has 3 aromatic rings. The van der Waals surface area contributed by atoms with Crippen molar-refractivity contribution in [1.29, 1.82) is 0 Å². The summed E-state index contributed by atoms with van der Waals surface area (Å²) in [7, 11) is -0.617. The molecule has 0 aromatic heterocycles. The molecule has 8 heteroatoms. The van der Waals surface area contributed by atoms with Crippen molar-refractivity contribution in [2.75, 3.05) is 19.5 Å². The Morgan fingerprint density at radius 1 is 1.00 bits per heavy atom. The van der Waals surface area contributed by atoms with E-state index in [4.69, 9.17) is 16.3 Å². The van der Waals surface area contributed by atoms with Gasteiger partial charge in [-0.05, 0) is 54.1 Å². The number of sulfonamides is 1. The second-order valence-corrected chi connectivity index (χ2v) is 9.02. The summed E-state index contributed by atoms with van der Waals surface area (Å²) in [5, 5.41) is 3.21. The van der Waals surface area contributed by atoms with Gasteiger partial charge in [0.25, 0.3) is 5.91 Å². The van der Waals surface area contributed by atoms with Gasteiger partial charge in [0.05, 0.1) is 22.7 Å². The average molecular weight is 445 g/mol. The summed E-state index contributed by atoms with van der Waals surface area (Å²) in [6, 6.07) is 19.9. The number of nitrogens with zero attached hydrogens (tertiary/aromatic N) is 1. The van der Waals surface area contributed by atoms with Gasteiger partial charge in [0.15, 0.2) is 0 Å². The van der Waals surface area contributed by atoms with E-state index in [2.05, 4.69) is 5.32 Å². The van der Waals surface area contributed by atoms with Crippen molar-refractivity contribution in [3.63, 3.8) is 0 Å². The topological polar surface area (TPSA) is 75.7 Å². The lowest BCUT2D eigenvalue weighted by molar-refractivity contribution is 0.102. The number of halogens is 1. The van der Waals surface area contributed by atoms with Crippen molar-refractivity contribution in [2.45, 2.75) is 11.4 Å². The summed E-state index contributed by atoms with van der Waals surface area (Å²) in [6.45, 7) is 0.167. The van der Waals surface area contributed by atoms with Crippen LogP contribution in [0.5, 0.6) is 5.75 Å². The smallest absolute Gasteiger partial charge is 0.255 e. The highest BCUT2D eigenvalue weighted by atomic mass is 35.5. The fourth-order valence-corrected chi connectivity index (χ4v) is 4.13. The number of carbonyl (C=O) groups is 1. The third-order valence-corrected chi connectivity index (χ3v) is 6.66. The number of methoxy groups -OCH3 is 1. The summed E-state index contributed by atoms with van der Waals surface area (Å²) in [4.78, 5) is 12.6. The number of rotatable bonds is 7. The molecular formula is C22H21ClN2O4S. The normalized spacial score (nSPS) is 11.3. The van der Waals surface area contributed by atoms with Gasteiger partial charge in [0.2, 0.25) is 10.0 Å². The maximum Gasteiger partial charge on any atom is 0.255 e. The summed E-state index contributed by atoms with van der Waals surface area (Å²) in [5.74, 6) is 0.288. The monoisotopic (exact) mass is 444 g/mol. The van der Waals surface area contributed by atoms with E-state index in [9.17, 15) is 13.2 Å². The van der Waals surface area contributed by atoms with E-state index in [0.717, 1.165) is 5.56 Å². The van der Waals surface area contributed by atoms with E-state index in [1.165, 1.54) is 30.6 Å². The molecule has 0 bridgehead atoms. The molecule has 0 aliphatic rings. The largest absolute Gasteiger partial charge is 0.497 e. The van der Waals surface area contributed by atoms with Gasteiger partial charge in [-0.1, -0.05) is 35.9 Å². The quantitative estimate of drug-likeness (QED) is 0.585. The Morgan fingerprint density at radius 2 is 1.63 bits per heavy atom. The fraction of sp³-hybridized carbons (Fsp3) is 0.136. The molecule has 1 N–H and O–H groups in total. The molecule has 0 saturated carbocycles. The zero-order valence-corrected chi connectivity index (χ0v) is 18.1. The fourth-order valence-electron chi connectivity index (χ4n) is 2.79. The van der Waals surface area contributed by atoms with Crippen LogP contribution < -0.4 is 10.1 Å². The number of hydrogen-bond acceptors (Lipinski definition) is 4. The molecule has 0 radical (unpaired) electrons. The van der Waals surface area contributed by atoms with Crippen LogP contribution in [0.2, 0.25) is 5.02 Å². The Kier molecular flexibility index (Phi) is 6.77. The number of carbonyl (C=O) groups excluding carboxylic acids is 1. The van der Waals surface area contributed by atoms with Crippen LogP contribution in [0.4, 0.5) is 5.69 Å². The molecule has 0 saturated heterocycles. The Morgan fingerprint density at radius 3 is 2.23 bits per heavy atom. The van der Waals surface area contributed by atoms with Crippen molar-refractivity contribution in [2.24, 2.45) is 0 Å². The number of ether oxygens (including phenoxy) is 1. The minimum absolute atomic E-state index is 0.167. The highest BCUT2D eigenvalue weighted by molar-refractivity contribution is 7.89. The number of para-hydroxylation sites is 1. The number of nitrogens with one attached hydrogen (secondary N) is 1.